The molecule has 0 fully saturated rings. The third-order valence-corrected chi connectivity index (χ3v) is 4.96. The number of sulfone groups is 1. The number of alkyl halides is 3. The molecule has 0 spiro atoms. The predicted octanol–water partition coefficient (Wildman–Crippen LogP) is 2.43. The van der Waals surface area contributed by atoms with Crippen LogP contribution >= 0.6 is 0 Å². The van der Waals surface area contributed by atoms with Crippen molar-refractivity contribution in [3.63, 3.8) is 0 Å². The summed E-state index contributed by atoms with van der Waals surface area (Å²) in [6.45, 7) is 6.57. The van der Waals surface area contributed by atoms with Crippen molar-refractivity contribution in [1.82, 2.24) is 9.78 Å². The molecule has 1 aromatic heterocycles. The minimum atomic E-state index is -4.83. The predicted molar refractivity (Wildman–Crippen MR) is 83.7 cm³/mol. The van der Waals surface area contributed by atoms with Gasteiger partial charge >= 0.3 is 6.18 Å². The molecule has 0 amide bonds. The van der Waals surface area contributed by atoms with Gasteiger partial charge in [-0.1, -0.05) is 17.8 Å². The molecular formula is C14H18F3N3O4S. The van der Waals surface area contributed by atoms with E-state index in [9.17, 15) is 21.6 Å². The molecule has 7 nitrogen and oxygen atoms in total. The van der Waals surface area contributed by atoms with E-state index in [0.717, 1.165) is 4.68 Å². The number of rotatable bonds is 5. The zero-order chi connectivity index (χ0) is 19.0. The topological polar surface area (TPSA) is 82.8 Å². The smallest absolute Gasteiger partial charge is 0.435 e. The van der Waals surface area contributed by atoms with Gasteiger partial charge in [0.15, 0.2) is 20.6 Å². The van der Waals surface area contributed by atoms with Crippen LogP contribution < -0.4 is 4.74 Å². The van der Waals surface area contributed by atoms with Crippen molar-refractivity contribution in [2.45, 2.75) is 37.8 Å². The summed E-state index contributed by atoms with van der Waals surface area (Å²) in [6, 6.07) is 0. The second-order valence-electron chi connectivity index (χ2n) is 6.13. The van der Waals surface area contributed by atoms with Crippen LogP contribution in [0.1, 0.15) is 31.5 Å². The molecule has 11 heteroatoms. The first-order valence-electron chi connectivity index (χ1n) is 7.22. The molecule has 0 atom stereocenters. The molecule has 0 saturated carbocycles. The van der Waals surface area contributed by atoms with Crippen molar-refractivity contribution in [2.24, 2.45) is 12.2 Å². The number of oxime groups is 1. The van der Waals surface area contributed by atoms with Gasteiger partial charge in [-0.25, -0.2) is 13.1 Å². The lowest BCUT2D eigenvalue weighted by molar-refractivity contribution is -0.141. The monoisotopic (exact) mass is 381 g/mol. The van der Waals surface area contributed by atoms with Crippen LogP contribution in [-0.2, 0) is 33.7 Å². The fraction of sp³-hybridized carbons (Fsp3) is 0.571. The zero-order valence-corrected chi connectivity index (χ0v) is 14.7. The van der Waals surface area contributed by atoms with Gasteiger partial charge in [0, 0.05) is 13.5 Å². The molecule has 0 saturated heterocycles. The second kappa shape index (κ2) is 6.36. The first kappa shape index (κ1) is 19.3. The molecule has 0 bridgehead atoms. The number of hydrogen-bond donors (Lipinski definition) is 0. The van der Waals surface area contributed by atoms with Crippen LogP contribution in [0, 0.1) is 0 Å². The summed E-state index contributed by atoms with van der Waals surface area (Å²) in [5.41, 5.74) is -2.70. The molecule has 2 rings (SSSR count). The van der Waals surface area contributed by atoms with E-state index in [0.29, 0.717) is 0 Å². The molecular weight excluding hydrogens is 363 g/mol. The highest BCUT2D eigenvalue weighted by Gasteiger charge is 2.43. The van der Waals surface area contributed by atoms with Gasteiger partial charge in [-0.3, -0.25) is 0 Å². The fourth-order valence-electron chi connectivity index (χ4n) is 2.27. The first-order valence-corrected chi connectivity index (χ1v) is 8.87. The highest BCUT2D eigenvalue weighted by Crippen LogP contribution is 2.37. The van der Waals surface area contributed by atoms with E-state index in [1.807, 2.05) is 0 Å². The highest BCUT2D eigenvalue weighted by molar-refractivity contribution is 8.05. The summed E-state index contributed by atoms with van der Waals surface area (Å²) >= 11 is 0. The summed E-state index contributed by atoms with van der Waals surface area (Å²) < 4.78 is 70.8. The Morgan fingerprint density at radius 1 is 1.44 bits per heavy atom. The summed E-state index contributed by atoms with van der Waals surface area (Å²) in [6.07, 6.45) is -3.53. The standard InChI is InChI=1S/C14H18F3N3O4S/c1-5-6-23-12-9(11(14(15,16)17)18-20(12)4)8-25(21,22)10-7-13(2,3)24-19-10/h5H,1,6-8H2,2-4H3. The van der Waals surface area contributed by atoms with Gasteiger partial charge < -0.3 is 9.57 Å². The van der Waals surface area contributed by atoms with E-state index in [4.69, 9.17) is 9.57 Å². The van der Waals surface area contributed by atoms with Gasteiger partial charge in [0.25, 0.3) is 0 Å². The molecule has 0 aliphatic carbocycles. The van der Waals surface area contributed by atoms with E-state index < -0.39 is 38.6 Å². The number of ether oxygens (including phenoxy) is 1. The third-order valence-electron chi connectivity index (χ3n) is 3.36. The first-order chi connectivity index (χ1) is 11.4. The van der Waals surface area contributed by atoms with Gasteiger partial charge in [0.1, 0.15) is 12.2 Å². The van der Waals surface area contributed by atoms with E-state index in [2.05, 4.69) is 16.8 Å². The summed E-state index contributed by atoms with van der Waals surface area (Å²) in [5.74, 6) is -1.23. The SMILES string of the molecule is C=CCOc1c(CS(=O)(=O)C2=NOC(C)(C)C2)c(C(F)(F)F)nn1C. The molecule has 0 unspecified atom stereocenters. The van der Waals surface area contributed by atoms with Crippen LogP contribution in [0.2, 0.25) is 0 Å². The fourth-order valence-corrected chi connectivity index (χ4v) is 3.80. The van der Waals surface area contributed by atoms with Crippen LogP contribution in [0.4, 0.5) is 13.2 Å². The lowest BCUT2D eigenvalue weighted by Crippen LogP contribution is -2.24. The minimum Gasteiger partial charge on any atom is -0.473 e. The van der Waals surface area contributed by atoms with Crippen LogP contribution in [0.5, 0.6) is 5.88 Å². The molecule has 2 heterocycles. The third kappa shape index (κ3) is 4.14. The summed E-state index contributed by atoms with van der Waals surface area (Å²) in [7, 11) is -2.90. The maximum atomic E-state index is 13.2. The van der Waals surface area contributed by atoms with E-state index in [1.165, 1.54) is 13.1 Å². The Morgan fingerprint density at radius 3 is 2.56 bits per heavy atom. The van der Waals surface area contributed by atoms with E-state index >= 15 is 0 Å². The minimum absolute atomic E-state index is 0.0280. The average molecular weight is 381 g/mol. The summed E-state index contributed by atoms with van der Waals surface area (Å²) in [4.78, 5) is 5.00. The Morgan fingerprint density at radius 2 is 2.08 bits per heavy atom. The van der Waals surface area contributed by atoms with Crippen LogP contribution in [0.3, 0.4) is 0 Å². The normalized spacial score (nSPS) is 17.1. The maximum absolute atomic E-state index is 13.2. The maximum Gasteiger partial charge on any atom is 0.435 e. The summed E-state index contributed by atoms with van der Waals surface area (Å²) in [5, 5.41) is 6.58. The number of halogens is 3. The Balaban J connectivity index is 2.45. The van der Waals surface area contributed by atoms with E-state index in [-0.39, 0.29) is 24.0 Å². The molecule has 25 heavy (non-hydrogen) atoms. The number of aryl methyl sites for hydroxylation is 1. The highest BCUT2D eigenvalue weighted by atomic mass is 32.2. The van der Waals surface area contributed by atoms with Gasteiger partial charge in [0.05, 0.1) is 11.3 Å². The van der Waals surface area contributed by atoms with Gasteiger partial charge in [-0.05, 0) is 13.8 Å². The second-order valence-corrected chi connectivity index (χ2v) is 8.11. The quantitative estimate of drug-likeness (QED) is 0.732. The Hall–Kier alpha value is -2.04. The molecule has 1 aliphatic rings. The van der Waals surface area contributed by atoms with Crippen molar-refractivity contribution in [3.8, 4) is 5.88 Å². The van der Waals surface area contributed by atoms with Crippen molar-refractivity contribution in [3.05, 3.63) is 23.9 Å². The molecule has 140 valence electrons. The zero-order valence-electron chi connectivity index (χ0n) is 13.9. The van der Waals surface area contributed by atoms with Crippen LogP contribution in [0.25, 0.3) is 0 Å². The van der Waals surface area contributed by atoms with Gasteiger partial charge in [0.2, 0.25) is 5.88 Å². The van der Waals surface area contributed by atoms with Crippen LogP contribution in [-0.4, -0.2) is 35.4 Å². The van der Waals surface area contributed by atoms with Gasteiger partial charge in [-0.2, -0.15) is 18.3 Å². The largest absolute Gasteiger partial charge is 0.473 e. The van der Waals surface area contributed by atoms with Gasteiger partial charge in [-0.15, -0.1) is 0 Å². The average Bonchev–Trinajstić information content (AvgIpc) is 2.97. The number of aromatic nitrogens is 2. The van der Waals surface area contributed by atoms with Crippen molar-refractivity contribution >= 4 is 14.9 Å². The molecule has 1 aromatic rings. The molecule has 0 aromatic carbocycles. The number of hydrogen-bond acceptors (Lipinski definition) is 6. The number of nitrogens with zero attached hydrogens (tertiary/aromatic N) is 3. The molecule has 0 radical (unpaired) electrons. The Bertz CT molecular complexity index is 810. The lowest BCUT2D eigenvalue weighted by atomic mass is 10.1. The van der Waals surface area contributed by atoms with Crippen molar-refractivity contribution in [2.75, 3.05) is 6.61 Å². The van der Waals surface area contributed by atoms with Crippen molar-refractivity contribution in [1.29, 1.82) is 0 Å². The molecule has 1 aliphatic heterocycles. The van der Waals surface area contributed by atoms with E-state index in [1.54, 1.807) is 13.8 Å². The van der Waals surface area contributed by atoms with Crippen molar-refractivity contribution < 1.29 is 31.2 Å². The lowest BCUT2D eigenvalue weighted by Gasteiger charge is -2.13. The Kier molecular flexibility index (Phi) is 4.90. The van der Waals surface area contributed by atoms with Crippen LogP contribution in [0.15, 0.2) is 17.8 Å². The molecule has 0 N–H and O–H groups in total. The Labute approximate surface area is 143 Å².